The molecule has 0 radical (unpaired) electrons. The van der Waals surface area contributed by atoms with E-state index in [4.69, 9.17) is 0 Å². The molecular weight excluding hydrogens is 196 g/mol. The minimum Gasteiger partial charge on any atom is -0.478 e. The lowest BCUT2D eigenvalue weighted by atomic mass is 10.0. The van der Waals surface area contributed by atoms with Crippen LogP contribution in [-0.4, -0.2) is 41.6 Å². The second-order valence-electron chi connectivity index (χ2n) is 3.50. The number of likely N-dealkylation sites (N-methyl/N-ethyl adjacent to an activating group) is 1. The van der Waals surface area contributed by atoms with Crippen molar-refractivity contribution in [2.45, 2.75) is 25.4 Å². The molecule has 0 rings (SSSR count). The molecule has 5 heteroatoms. The lowest BCUT2D eigenvalue weighted by Crippen LogP contribution is -2.63. The van der Waals surface area contributed by atoms with Crippen LogP contribution < -0.4 is 5.32 Å². The Bertz CT molecular complexity index is 263. The van der Waals surface area contributed by atoms with Crippen molar-refractivity contribution in [3.05, 3.63) is 12.7 Å². The van der Waals surface area contributed by atoms with Crippen molar-refractivity contribution in [2.75, 3.05) is 14.1 Å². The van der Waals surface area contributed by atoms with Gasteiger partial charge in [-0.15, -0.1) is 0 Å². The number of aliphatic carboxylic acids is 1. The summed E-state index contributed by atoms with van der Waals surface area (Å²) in [7, 11) is 3.24. The quantitative estimate of drug-likeness (QED) is 0.497. The summed E-state index contributed by atoms with van der Waals surface area (Å²) in [5.74, 6) is -1.55. The molecule has 86 valence electrons. The van der Waals surface area contributed by atoms with Crippen LogP contribution in [0.4, 0.5) is 0 Å². The Kier molecular flexibility index (Phi) is 5.00. The zero-order valence-corrected chi connectivity index (χ0v) is 9.41. The highest BCUT2D eigenvalue weighted by atomic mass is 16.4. The van der Waals surface area contributed by atoms with Gasteiger partial charge in [0.2, 0.25) is 5.91 Å². The van der Waals surface area contributed by atoms with Crippen LogP contribution in [0.3, 0.4) is 0 Å². The Morgan fingerprint density at radius 1 is 1.53 bits per heavy atom. The molecule has 1 unspecified atom stereocenters. The lowest BCUT2D eigenvalue weighted by Gasteiger charge is -2.36. The van der Waals surface area contributed by atoms with Gasteiger partial charge in [-0.05, 0) is 26.6 Å². The average molecular weight is 214 g/mol. The van der Waals surface area contributed by atoms with Crippen molar-refractivity contribution in [3.63, 3.8) is 0 Å². The predicted molar refractivity (Wildman–Crippen MR) is 57.3 cm³/mol. The van der Waals surface area contributed by atoms with Crippen molar-refractivity contribution in [1.82, 2.24) is 10.2 Å². The summed E-state index contributed by atoms with van der Waals surface area (Å²) in [6.45, 7) is 5.16. The fraction of sp³-hybridized carbons (Fsp3) is 0.600. The minimum atomic E-state index is -1.35. The van der Waals surface area contributed by atoms with Crippen molar-refractivity contribution in [2.24, 2.45) is 0 Å². The molecule has 0 heterocycles. The molecule has 0 aliphatic carbocycles. The zero-order valence-electron chi connectivity index (χ0n) is 9.41. The molecule has 0 aromatic carbocycles. The summed E-state index contributed by atoms with van der Waals surface area (Å²) < 4.78 is 0. The summed E-state index contributed by atoms with van der Waals surface area (Å²) in [4.78, 5) is 23.9. The van der Waals surface area contributed by atoms with Crippen molar-refractivity contribution in [1.29, 1.82) is 0 Å². The lowest BCUT2D eigenvalue weighted by molar-refractivity contribution is -0.155. The maximum Gasteiger partial charge on any atom is 0.344 e. The van der Waals surface area contributed by atoms with Gasteiger partial charge in [0.25, 0.3) is 0 Å². The van der Waals surface area contributed by atoms with Crippen molar-refractivity contribution >= 4 is 11.9 Å². The molecule has 0 fully saturated rings. The van der Waals surface area contributed by atoms with E-state index in [1.54, 1.807) is 14.1 Å². The van der Waals surface area contributed by atoms with E-state index >= 15 is 0 Å². The standard InChI is InChI=1S/C10H18N2O3/c1-5-7-10(9(14)15,12(3)4)11-8(13)6-2/h6H,2,5,7H2,1,3-4H3,(H,11,13)(H,14,15). The van der Waals surface area contributed by atoms with Crippen LogP contribution in [0.5, 0.6) is 0 Å². The number of carbonyl (C=O) groups excluding carboxylic acids is 1. The van der Waals surface area contributed by atoms with Gasteiger partial charge in [-0.1, -0.05) is 19.9 Å². The number of rotatable bonds is 6. The number of nitrogens with zero attached hydrogens (tertiary/aromatic N) is 1. The third-order valence-corrected chi connectivity index (χ3v) is 2.24. The molecule has 0 aliphatic heterocycles. The molecular formula is C10H18N2O3. The van der Waals surface area contributed by atoms with Gasteiger partial charge in [-0.25, -0.2) is 4.79 Å². The summed E-state index contributed by atoms with van der Waals surface area (Å²) >= 11 is 0. The Morgan fingerprint density at radius 2 is 2.07 bits per heavy atom. The highest BCUT2D eigenvalue weighted by Crippen LogP contribution is 2.16. The number of hydrogen-bond acceptors (Lipinski definition) is 3. The summed E-state index contributed by atoms with van der Waals surface area (Å²) in [6, 6.07) is 0. The molecule has 0 saturated heterocycles. The van der Waals surface area contributed by atoms with Crippen molar-refractivity contribution in [3.8, 4) is 0 Å². The maximum atomic E-state index is 11.2. The molecule has 0 aromatic heterocycles. The van der Waals surface area contributed by atoms with Gasteiger partial charge >= 0.3 is 5.97 Å². The third-order valence-electron chi connectivity index (χ3n) is 2.24. The van der Waals surface area contributed by atoms with E-state index in [1.807, 2.05) is 6.92 Å². The van der Waals surface area contributed by atoms with Crippen LogP contribution in [-0.2, 0) is 9.59 Å². The van der Waals surface area contributed by atoms with Gasteiger partial charge in [-0.2, -0.15) is 0 Å². The smallest absolute Gasteiger partial charge is 0.344 e. The Hall–Kier alpha value is -1.36. The average Bonchev–Trinajstić information content (AvgIpc) is 2.15. The van der Waals surface area contributed by atoms with Crippen LogP contribution in [0, 0.1) is 0 Å². The molecule has 1 amide bonds. The largest absolute Gasteiger partial charge is 0.478 e. The molecule has 0 bridgehead atoms. The maximum absolute atomic E-state index is 11.2. The Labute approximate surface area is 89.8 Å². The first-order valence-corrected chi connectivity index (χ1v) is 4.76. The van der Waals surface area contributed by atoms with Crippen molar-refractivity contribution < 1.29 is 14.7 Å². The van der Waals surface area contributed by atoms with E-state index < -0.39 is 17.5 Å². The molecule has 15 heavy (non-hydrogen) atoms. The van der Waals surface area contributed by atoms with Crippen LogP contribution in [0.1, 0.15) is 19.8 Å². The minimum absolute atomic E-state index is 0.342. The van der Waals surface area contributed by atoms with E-state index in [1.165, 1.54) is 4.90 Å². The molecule has 0 spiro atoms. The summed E-state index contributed by atoms with van der Waals surface area (Å²) in [6.07, 6.45) is 2.06. The number of carboxylic acid groups (broad SMARTS) is 1. The zero-order chi connectivity index (χ0) is 12.1. The van der Waals surface area contributed by atoms with Crippen LogP contribution >= 0.6 is 0 Å². The third kappa shape index (κ3) is 3.06. The highest BCUT2D eigenvalue weighted by molar-refractivity contribution is 5.92. The van der Waals surface area contributed by atoms with Gasteiger partial charge in [0.15, 0.2) is 5.66 Å². The van der Waals surface area contributed by atoms with Gasteiger partial charge in [-0.3, -0.25) is 9.69 Å². The second-order valence-corrected chi connectivity index (χ2v) is 3.50. The number of hydrogen-bond donors (Lipinski definition) is 2. The van der Waals surface area contributed by atoms with E-state index in [2.05, 4.69) is 11.9 Å². The number of amides is 1. The van der Waals surface area contributed by atoms with Gasteiger partial charge in [0, 0.05) is 0 Å². The summed E-state index contributed by atoms with van der Waals surface area (Å²) in [5, 5.41) is 11.6. The van der Waals surface area contributed by atoms with Crippen LogP contribution in [0.15, 0.2) is 12.7 Å². The number of carboxylic acids is 1. The van der Waals surface area contributed by atoms with Gasteiger partial charge < -0.3 is 10.4 Å². The van der Waals surface area contributed by atoms with Crippen LogP contribution in [0.2, 0.25) is 0 Å². The van der Waals surface area contributed by atoms with Gasteiger partial charge in [0.1, 0.15) is 0 Å². The van der Waals surface area contributed by atoms with Crippen LogP contribution in [0.25, 0.3) is 0 Å². The Balaban J connectivity index is 5.03. The first-order valence-electron chi connectivity index (χ1n) is 4.76. The van der Waals surface area contributed by atoms with E-state index in [9.17, 15) is 14.7 Å². The second kappa shape index (κ2) is 5.50. The fourth-order valence-corrected chi connectivity index (χ4v) is 1.37. The number of nitrogens with one attached hydrogen (secondary N) is 1. The molecule has 0 aromatic rings. The predicted octanol–water partition coefficient (Wildman–Crippen LogP) is 0.431. The molecule has 5 nitrogen and oxygen atoms in total. The first-order chi connectivity index (χ1) is 6.90. The Morgan fingerprint density at radius 3 is 2.33 bits per heavy atom. The van der Waals surface area contributed by atoms with E-state index in [0.717, 1.165) is 6.08 Å². The molecule has 0 saturated carbocycles. The van der Waals surface area contributed by atoms with Gasteiger partial charge in [0.05, 0.1) is 0 Å². The monoisotopic (exact) mass is 214 g/mol. The molecule has 0 aliphatic rings. The molecule has 2 N–H and O–H groups in total. The topological polar surface area (TPSA) is 69.6 Å². The first kappa shape index (κ1) is 13.6. The van der Waals surface area contributed by atoms with E-state index in [0.29, 0.717) is 12.8 Å². The fourth-order valence-electron chi connectivity index (χ4n) is 1.37. The highest BCUT2D eigenvalue weighted by Gasteiger charge is 2.41. The normalized spacial score (nSPS) is 14.4. The number of carbonyl (C=O) groups is 2. The molecule has 1 atom stereocenters. The SMILES string of the molecule is C=CC(=O)NC(CCC)(C(=O)O)N(C)C. The van der Waals surface area contributed by atoms with E-state index in [-0.39, 0.29) is 0 Å². The summed E-state index contributed by atoms with van der Waals surface area (Å²) in [5.41, 5.74) is -1.35.